The van der Waals surface area contributed by atoms with E-state index in [1.165, 1.54) is 0 Å². The van der Waals surface area contributed by atoms with Crippen LogP contribution in [-0.4, -0.2) is 78.9 Å². The number of ether oxygens (including phenoxy) is 2. The SMILES string of the molecule is COc1cccc(-c2cc(C(=O)N3CCOCC3)c3c(C)nn(C4CCS(=O)(=O)C4)c3n2)c1. The van der Waals surface area contributed by atoms with Gasteiger partial charge in [0, 0.05) is 18.7 Å². The van der Waals surface area contributed by atoms with E-state index in [2.05, 4.69) is 5.10 Å². The molecule has 33 heavy (non-hydrogen) atoms. The molecule has 5 rings (SSSR count). The molecule has 0 spiro atoms. The number of amides is 1. The first-order valence-electron chi connectivity index (χ1n) is 11.0. The molecule has 0 saturated carbocycles. The summed E-state index contributed by atoms with van der Waals surface area (Å²) in [4.78, 5) is 20.3. The predicted molar refractivity (Wildman–Crippen MR) is 123 cm³/mol. The van der Waals surface area contributed by atoms with Crippen LogP contribution in [0.1, 0.15) is 28.5 Å². The third-order valence-electron chi connectivity index (χ3n) is 6.29. The number of methoxy groups -OCH3 is 1. The summed E-state index contributed by atoms with van der Waals surface area (Å²) >= 11 is 0. The molecule has 2 saturated heterocycles. The number of pyridine rings is 1. The highest BCUT2D eigenvalue weighted by Gasteiger charge is 2.33. The summed E-state index contributed by atoms with van der Waals surface area (Å²) in [5, 5.41) is 5.33. The molecule has 2 aliphatic rings. The molecule has 0 N–H and O–H groups in total. The van der Waals surface area contributed by atoms with Crippen molar-refractivity contribution in [2.45, 2.75) is 19.4 Å². The summed E-state index contributed by atoms with van der Waals surface area (Å²) < 4.78 is 36.8. The molecule has 1 amide bonds. The van der Waals surface area contributed by atoms with E-state index in [9.17, 15) is 13.2 Å². The Bertz CT molecular complexity index is 1330. The third-order valence-corrected chi connectivity index (χ3v) is 8.04. The standard InChI is InChI=1S/C23H26N4O5S/c1-15-21-19(23(28)26-7-9-32-10-8-26)13-20(16-4-3-5-18(12-16)31-2)24-22(21)27(25-15)17-6-11-33(29,30)14-17/h3-5,12-13,17H,6-11,14H2,1-2H3. The van der Waals surface area contributed by atoms with Gasteiger partial charge in [-0.2, -0.15) is 5.10 Å². The lowest BCUT2D eigenvalue weighted by molar-refractivity contribution is 0.0304. The van der Waals surface area contributed by atoms with Crippen molar-refractivity contribution in [3.05, 3.63) is 41.6 Å². The number of benzene rings is 1. The summed E-state index contributed by atoms with van der Waals surface area (Å²) in [6, 6.07) is 9.00. The fraction of sp³-hybridized carbons (Fsp3) is 0.435. The van der Waals surface area contributed by atoms with E-state index >= 15 is 0 Å². The van der Waals surface area contributed by atoms with Crippen molar-refractivity contribution in [2.24, 2.45) is 0 Å². The molecule has 1 aromatic carbocycles. The monoisotopic (exact) mass is 470 g/mol. The van der Waals surface area contributed by atoms with Crippen molar-refractivity contribution in [3.8, 4) is 17.0 Å². The molecule has 10 heteroatoms. The normalized spacial score (nSPS) is 20.3. The van der Waals surface area contributed by atoms with Gasteiger partial charge in [0.1, 0.15) is 5.75 Å². The molecule has 1 atom stereocenters. The fourth-order valence-electron chi connectivity index (χ4n) is 4.57. The van der Waals surface area contributed by atoms with E-state index in [1.54, 1.807) is 22.8 Å². The average Bonchev–Trinajstić information content (AvgIpc) is 3.37. The van der Waals surface area contributed by atoms with Crippen molar-refractivity contribution in [1.82, 2.24) is 19.7 Å². The zero-order valence-corrected chi connectivity index (χ0v) is 19.5. The molecule has 4 heterocycles. The first kappa shape index (κ1) is 21.8. The summed E-state index contributed by atoms with van der Waals surface area (Å²) in [6.45, 7) is 3.88. The zero-order chi connectivity index (χ0) is 23.2. The number of morpholine rings is 1. The van der Waals surface area contributed by atoms with Gasteiger partial charge in [-0.1, -0.05) is 12.1 Å². The van der Waals surface area contributed by atoms with Crippen molar-refractivity contribution in [1.29, 1.82) is 0 Å². The van der Waals surface area contributed by atoms with E-state index in [-0.39, 0.29) is 23.5 Å². The maximum atomic E-state index is 13.6. The summed E-state index contributed by atoms with van der Waals surface area (Å²) in [7, 11) is -1.51. The summed E-state index contributed by atoms with van der Waals surface area (Å²) in [6.07, 6.45) is 0.483. The van der Waals surface area contributed by atoms with E-state index in [0.717, 1.165) is 5.56 Å². The molecule has 0 bridgehead atoms. The Labute approximate surface area is 192 Å². The maximum Gasteiger partial charge on any atom is 0.254 e. The topological polar surface area (TPSA) is 104 Å². The van der Waals surface area contributed by atoms with Crippen LogP contribution in [0.5, 0.6) is 5.75 Å². The Morgan fingerprint density at radius 3 is 2.70 bits per heavy atom. The summed E-state index contributed by atoms with van der Waals surface area (Å²) in [5.41, 5.74) is 3.13. The predicted octanol–water partition coefficient (Wildman–Crippen LogP) is 2.25. The number of fused-ring (bicyclic) bond motifs is 1. The van der Waals surface area contributed by atoms with Crippen molar-refractivity contribution in [2.75, 3.05) is 44.9 Å². The fourth-order valence-corrected chi connectivity index (χ4v) is 6.26. The van der Waals surface area contributed by atoms with Crippen LogP contribution in [0.25, 0.3) is 22.3 Å². The molecule has 9 nitrogen and oxygen atoms in total. The van der Waals surface area contributed by atoms with Crippen LogP contribution in [-0.2, 0) is 14.6 Å². The third kappa shape index (κ3) is 4.08. The second-order valence-electron chi connectivity index (χ2n) is 8.48. The van der Waals surface area contributed by atoms with Crippen LogP contribution in [0, 0.1) is 6.92 Å². The van der Waals surface area contributed by atoms with Crippen molar-refractivity contribution in [3.63, 3.8) is 0 Å². The number of nitrogens with zero attached hydrogens (tertiary/aromatic N) is 4. The van der Waals surface area contributed by atoms with E-state index in [4.69, 9.17) is 14.5 Å². The molecule has 0 radical (unpaired) electrons. The molecule has 2 aromatic heterocycles. The Balaban J connectivity index is 1.70. The molecule has 2 fully saturated rings. The van der Waals surface area contributed by atoms with Crippen LogP contribution in [0.15, 0.2) is 30.3 Å². The maximum absolute atomic E-state index is 13.6. The van der Waals surface area contributed by atoms with Gasteiger partial charge in [0.05, 0.1) is 60.2 Å². The second kappa shape index (κ2) is 8.42. The number of aromatic nitrogens is 3. The zero-order valence-electron chi connectivity index (χ0n) is 18.7. The average molecular weight is 471 g/mol. The van der Waals surface area contributed by atoms with Crippen molar-refractivity contribution >= 4 is 26.8 Å². The highest BCUT2D eigenvalue weighted by molar-refractivity contribution is 7.91. The van der Waals surface area contributed by atoms with Gasteiger partial charge in [0.25, 0.3) is 5.91 Å². The lowest BCUT2D eigenvalue weighted by atomic mass is 10.0. The number of aryl methyl sites for hydroxylation is 1. The lowest BCUT2D eigenvalue weighted by Gasteiger charge is -2.27. The van der Waals surface area contributed by atoms with Gasteiger partial charge in [-0.25, -0.2) is 18.1 Å². The Morgan fingerprint density at radius 1 is 1.21 bits per heavy atom. The molecule has 0 aliphatic carbocycles. The van der Waals surface area contributed by atoms with E-state index in [1.807, 2.05) is 31.2 Å². The number of hydrogen-bond acceptors (Lipinski definition) is 7. The summed E-state index contributed by atoms with van der Waals surface area (Å²) in [5.74, 6) is 0.743. The van der Waals surface area contributed by atoms with Gasteiger partial charge in [0.2, 0.25) is 0 Å². The van der Waals surface area contributed by atoms with Gasteiger partial charge in [0.15, 0.2) is 15.5 Å². The molecule has 3 aromatic rings. The first-order chi connectivity index (χ1) is 15.9. The minimum atomic E-state index is -3.11. The van der Waals surface area contributed by atoms with Crippen LogP contribution >= 0.6 is 0 Å². The van der Waals surface area contributed by atoms with Gasteiger partial charge < -0.3 is 14.4 Å². The van der Waals surface area contributed by atoms with Crippen molar-refractivity contribution < 1.29 is 22.7 Å². The number of carbonyl (C=O) groups excluding carboxylic acids is 1. The van der Waals surface area contributed by atoms with Crippen LogP contribution < -0.4 is 4.74 Å². The van der Waals surface area contributed by atoms with E-state index in [0.29, 0.717) is 66.5 Å². The smallest absolute Gasteiger partial charge is 0.254 e. The van der Waals surface area contributed by atoms with E-state index < -0.39 is 9.84 Å². The van der Waals surface area contributed by atoms with Crippen LogP contribution in [0.2, 0.25) is 0 Å². The molecule has 1 unspecified atom stereocenters. The van der Waals surface area contributed by atoms with Crippen LogP contribution in [0.4, 0.5) is 0 Å². The van der Waals surface area contributed by atoms with Gasteiger partial charge in [-0.05, 0) is 31.5 Å². The van der Waals surface area contributed by atoms with Gasteiger partial charge >= 0.3 is 0 Å². The Kier molecular flexibility index (Phi) is 5.57. The minimum Gasteiger partial charge on any atom is -0.497 e. The number of carbonyl (C=O) groups is 1. The quantitative estimate of drug-likeness (QED) is 0.576. The highest BCUT2D eigenvalue weighted by Crippen LogP contribution is 2.33. The molecule has 2 aliphatic heterocycles. The Hall–Kier alpha value is -2.98. The molecular weight excluding hydrogens is 444 g/mol. The highest BCUT2D eigenvalue weighted by atomic mass is 32.2. The minimum absolute atomic E-state index is 0.0288. The number of rotatable bonds is 4. The van der Waals surface area contributed by atoms with Crippen LogP contribution in [0.3, 0.4) is 0 Å². The Morgan fingerprint density at radius 2 is 2.00 bits per heavy atom. The number of sulfone groups is 1. The molecular formula is C23H26N4O5S. The molecule has 174 valence electrons. The van der Waals surface area contributed by atoms with Gasteiger partial charge in [-0.3, -0.25) is 4.79 Å². The largest absolute Gasteiger partial charge is 0.497 e. The van der Waals surface area contributed by atoms with Gasteiger partial charge in [-0.15, -0.1) is 0 Å². The first-order valence-corrected chi connectivity index (χ1v) is 12.8. The lowest BCUT2D eigenvalue weighted by Crippen LogP contribution is -2.40. The number of hydrogen-bond donors (Lipinski definition) is 0. The second-order valence-corrected chi connectivity index (χ2v) is 10.7.